The summed E-state index contributed by atoms with van der Waals surface area (Å²) in [6, 6.07) is 9.16. The Hall–Kier alpha value is -1.39. The van der Waals surface area contributed by atoms with Gasteiger partial charge in [-0.05, 0) is 62.9 Å². The van der Waals surface area contributed by atoms with E-state index in [1.165, 1.54) is 18.4 Å². The maximum Gasteiger partial charge on any atom is 0.137 e. The fraction of sp³-hybridized carbons (Fsp3) is 0.696. The average molecular weight is 375 g/mol. The molecule has 0 aromatic heterocycles. The first-order valence-electron chi connectivity index (χ1n) is 10.7. The van der Waals surface area contributed by atoms with Crippen LogP contribution in [0.3, 0.4) is 0 Å². The summed E-state index contributed by atoms with van der Waals surface area (Å²) in [5.74, 6) is 1.50. The monoisotopic (exact) mass is 374 g/mol. The van der Waals surface area contributed by atoms with E-state index in [4.69, 9.17) is 4.74 Å². The smallest absolute Gasteiger partial charge is 0.137 e. The zero-order valence-electron chi connectivity index (χ0n) is 17.7. The van der Waals surface area contributed by atoms with Crippen molar-refractivity contribution in [3.8, 4) is 5.75 Å². The van der Waals surface area contributed by atoms with Crippen LogP contribution in [0.15, 0.2) is 24.3 Å². The van der Waals surface area contributed by atoms with Gasteiger partial charge in [0.15, 0.2) is 0 Å². The van der Waals surface area contributed by atoms with Gasteiger partial charge >= 0.3 is 0 Å². The van der Waals surface area contributed by atoms with E-state index in [0.717, 1.165) is 57.7 Å². The number of benzene rings is 1. The molecule has 27 heavy (non-hydrogen) atoms. The molecule has 0 bridgehead atoms. The summed E-state index contributed by atoms with van der Waals surface area (Å²) in [5.41, 5.74) is 1.35. The van der Waals surface area contributed by atoms with Gasteiger partial charge in [0.1, 0.15) is 12.0 Å². The second-order valence-corrected chi connectivity index (χ2v) is 8.27. The van der Waals surface area contributed by atoms with E-state index < -0.39 is 0 Å². The molecule has 1 heterocycles. The van der Waals surface area contributed by atoms with Crippen LogP contribution < -0.4 is 4.74 Å². The molecule has 152 valence electrons. The molecule has 1 aromatic rings. The Balaban J connectivity index is 1.83. The van der Waals surface area contributed by atoms with E-state index in [9.17, 15) is 4.79 Å². The number of carbonyl (C=O) groups excluding carboxylic acids is 1. The summed E-state index contributed by atoms with van der Waals surface area (Å²) in [6.07, 6.45) is 5.61. The fourth-order valence-electron chi connectivity index (χ4n) is 3.85. The number of aldehydes is 1. The van der Waals surface area contributed by atoms with Gasteiger partial charge in [0, 0.05) is 19.1 Å². The first-order valence-corrected chi connectivity index (χ1v) is 10.7. The highest BCUT2D eigenvalue weighted by molar-refractivity contribution is 5.57. The summed E-state index contributed by atoms with van der Waals surface area (Å²) < 4.78 is 5.78. The lowest BCUT2D eigenvalue weighted by Gasteiger charge is -2.35. The summed E-state index contributed by atoms with van der Waals surface area (Å²) in [7, 11) is 0. The van der Waals surface area contributed by atoms with Crippen molar-refractivity contribution >= 4 is 6.29 Å². The molecule has 0 aliphatic carbocycles. The van der Waals surface area contributed by atoms with Crippen LogP contribution in [0.5, 0.6) is 5.75 Å². The van der Waals surface area contributed by atoms with Gasteiger partial charge in [0.25, 0.3) is 0 Å². The quantitative estimate of drug-likeness (QED) is 0.548. The Morgan fingerprint density at radius 3 is 2.59 bits per heavy atom. The molecule has 4 heteroatoms. The van der Waals surface area contributed by atoms with Crippen LogP contribution in [0.4, 0.5) is 0 Å². The Morgan fingerprint density at radius 1 is 1.22 bits per heavy atom. The minimum atomic E-state index is 0.131. The number of hydrogen-bond donors (Lipinski definition) is 0. The Bertz CT molecular complexity index is 544. The minimum Gasteiger partial charge on any atom is -0.493 e. The van der Waals surface area contributed by atoms with Crippen molar-refractivity contribution in [2.45, 2.75) is 65.5 Å². The lowest BCUT2D eigenvalue weighted by Crippen LogP contribution is -2.46. The minimum absolute atomic E-state index is 0.131. The second kappa shape index (κ2) is 11.5. The topological polar surface area (TPSA) is 32.8 Å². The Kier molecular flexibility index (Phi) is 9.29. The van der Waals surface area contributed by atoms with Crippen molar-refractivity contribution in [2.75, 3.05) is 32.8 Å². The second-order valence-electron chi connectivity index (χ2n) is 8.27. The predicted molar refractivity (Wildman–Crippen MR) is 112 cm³/mol. The van der Waals surface area contributed by atoms with E-state index >= 15 is 0 Å². The van der Waals surface area contributed by atoms with Gasteiger partial charge in [-0.3, -0.25) is 9.80 Å². The molecule has 4 nitrogen and oxygen atoms in total. The molecular weight excluding hydrogens is 336 g/mol. The number of likely N-dealkylation sites (tertiary alicyclic amines) is 1. The van der Waals surface area contributed by atoms with E-state index in [2.05, 4.69) is 61.8 Å². The molecule has 1 saturated heterocycles. The van der Waals surface area contributed by atoms with Gasteiger partial charge < -0.3 is 9.53 Å². The van der Waals surface area contributed by atoms with Crippen LogP contribution in [0, 0.1) is 5.92 Å². The van der Waals surface area contributed by atoms with Crippen LogP contribution in [0.25, 0.3) is 0 Å². The van der Waals surface area contributed by atoms with E-state index in [0.29, 0.717) is 12.0 Å². The third-order valence-electron chi connectivity index (χ3n) is 5.56. The van der Waals surface area contributed by atoms with E-state index in [1.54, 1.807) is 0 Å². The van der Waals surface area contributed by atoms with Crippen LogP contribution in [0.2, 0.25) is 0 Å². The Morgan fingerprint density at radius 2 is 1.96 bits per heavy atom. The van der Waals surface area contributed by atoms with E-state index in [1.807, 2.05) is 0 Å². The number of rotatable bonds is 11. The van der Waals surface area contributed by atoms with Crippen LogP contribution in [0.1, 0.15) is 52.5 Å². The van der Waals surface area contributed by atoms with Gasteiger partial charge in [-0.15, -0.1) is 0 Å². The molecule has 2 unspecified atom stereocenters. The standard InChI is InChI=1S/C23H38N2O2/c1-5-24(14-15-25-13-7-6-8-22(25)17-26)20(4)16-21-9-11-23(12-10-21)27-18-19(2)3/h9-12,17,19-20,22H,5-8,13-16,18H2,1-4H3. The molecule has 0 amide bonds. The van der Waals surface area contributed by atoms with Gasteiger partial charge in [-0.2, -0.15) is 0 Å². The first-order chi connectivity index (χ1) is 13.0. The maximum atomic E-state index is 11.3. The largest absolute Gasteiger partial charge is 0.493 e. The zero-order chi connectivity index (χ0) is 19.6. The van der Waals surface area contributed by atoms with Gasteiger partial charge in [0.2, 0.25) is 0 Å². The summed E-state index contributed by atoms with van der Waals surface area (Å²) in [6.45, 7) is 13.7. The SMILES string of the molecule is CCN(CCN1CCCCC1C=O)C(C)Cc1ccc(OCC(C)C)cc1. The highest BCUT2D eigenvalue weighted by Gasteiger charge is 2.22. The van der Waals surface area contributed by atoms with Crippen molar-refractivity contribution in [3.05, 3.63) is 29.8 Å². The molecule has 0 radical (unpaired) electrons. The fourth-order valence-corrected chi connectivity index (χ4v) is 3.85. The van der Waals surface area contributed by atoms with Gasteiger partial charge in [0.05, 0.1) is 12.6 Å². The number of hydrogen-bond acceptors (Lipinski definition) is 4. The normalized spacial score (nSPS) is 19.4. The number of ether oxygens (including phenoxy) is 1. The van der Waals surface area contributed by atoms with Crippen molar-refractivity contribution in [1.29, 1.82) is 0 Å². The van der Waals surface area contributed by atoms with Crippen molar-refractivity contribution in [2.24, 2.45) is 5.92 Å². The molecule has 0 saturated carbocycles. The average Bonchev–Trinajstić information content (AvgIpc) is 2.68. The highest BCUT2D eigenvalue weighted by atomic mass is 16.5. The third kappa shape index (κ3) is 7.27. The molecular formula is C23H38N2O2. The van der Waals surface area contributed by atoms with Crippen molar-refractivity contribution < 1.29 is 9.53 Å². The zero-order valence-corrected chi connectivity index (χ0v) is 17.7. The van der Waals surface area contributed by atoms with Gasteiger partial charge in [-0.1, -0.05) is 39.3 Å². The van der Waals surface area contributed by atoms with Crippen LogP contribution >= 0.6 is 0 Å². The summed E-state index contributed by atoms with van der Waals surface area (Å²) in [4.78, 5) is 16.2. The first kappa shape index (κ1) is 21.9. The molecule has 2 atom stereocenters. The lowest BCUT2D eigenvalue weighted by molar-refractivity contribution is -0.113. The molecule has 1 aliphatic heterocycles. The Labute approximate surface area is 165 Å². The molecule has 1 aliphatic rings. The van der Waals surface area contributed by atoms with Crippen molar-refractivity contribution in [1.82, 2.24) is 9.80 Å². The summed E-state index contributed by atoms with van der Waals surface area (Å²) >= 11 is 0. The van der Waals surface area contributed by atoms with Crippen LogP contribution in [-0.4, -0.2) is 61.0 Å². The number of nitrogens with zero attached hydrogens (tertiary/aromatic N) is 2. The number of carbonyl (C=O) groups is 1. The highest BCUT2D eigenvalue weighted by Crippen LogP contribution is 2.17. The van der Waals surface area contributed by atoms with Crippen LogP contribution in [-0.2, 0) is 11.2 Å². The van der Waals surface area contributed by atoms with Crippen molar-refractivity contribution in [3.63, 3.8) is 0 Å². The molecule has 0 spiro atoms. The predicted octanol–water partition coefficient (Wildman–Crippen LogP) is 4.03. The molecule has 0 N–H and O–H groups in total. The van der Waals surface area contributed by atoms with E-state index in [-0.39, 0.29) is 6.04 Å². The number of likely N-dealkylation sites (N-methyl/N-ethyl adjacent to an activating group) is 1. The number of piperidine rings is 1. The summed E-state index contributed by atoms with van der Waals surface area (Å²) in [5, 5.41) is 0. The molecule has 1 fully saturated rings. The van der Waals surface area contributed by atoms with Gasteiger partial charge in [-0.25, -0.2) is 0 Å². The lowest BCUT2D eigenvalue weighted by atomic mass is 10.0. The third-order valence-corrected chi connectivity index (χ3v) is 5.56. The molecule has 2 rings (SSSR count). The maximum absolute atomic E-state index is 11.3. The molecule has 1 aromatic carbocycles.